The van der Waals surface area contributed by atoms with Gasteiger partial charge in [0.15, 0.2) is 0 Å². The zero-order chi connectivity index (χ0) is 26.5. The van der Waals surface area contributed by atoms with Gasteiger partial charge in [0.2, 0.25) is 9.23 Å². The molecule has 1 aromatic rings. The fourth-order valence-electron chi connectivity index (χ4n) is 1.48. The number of hydrogen-bond acceptors (Lipinski definition) is 2. The van der Waals surface area contributed by atoms with Crippen molar-refractivity contribution in [3.63, 3.8) is 0 Å². The van der Waals surface area contributed by atoms with E-state index in [4.69, 9.17) is 9.32 Å². The Labute approximate surface area is 234 Å². The summed E-state index contributed by atoms with van der Waals surface area (Å²) in [5.74, 6) is -2.46. The lowest BCUT2D eigenvalue weighted by Crippen LogP contribution is -1.88. The van der Waals surface area contributed by atoms with Crippen LogP contribution in [0.3, 0.4) is 0 Å². The topological polar surface area (TPSA) is 54.4 Å². The standard InChI is InChI=1S/C9H6F2O2.Cl2OS.H18P16/c10-7-2-3-8(11)6(5-7)1-4-9(12)13;1-4(2)3;1-10(2)14(9)16(13(7)8)15(11(3)4)12(5)6/h1-5H,(H,12,13);;1-9H2/b4-1+;;. The molecule has 3 nitrogen and oxygen atoms in total. The van der Waals surface area contributed by atoms with Gasteiger partial charge >= 0.3 is 5.97 Å². The average Bonchev–Trinajstić information content (AvgIpc) is 2.65. The summed E-state index contributed by atoms with van der Waals surface area (Å²) in [5, 5.41) is 8.23. The Hall–Kier alpha value is 5.90. The monoisotopic (exact) mass is 816 g/mol. The van der Waals surface area contributed by atoms with Gasteiger partial charge in [-0.15, -0.1) is 80.4 Å². The van der Waals surface area contributed by atoms with E-state index in [1.165, 1.54) is 0 Å². The number of carbonyl (C=O) groups is 1. The van der Waals surface area contributed by atoms with Crippen LogP contribution >= 0.6 is 151 Å². The van der Waals surface area contributed by atoms with Crippen molar-refractivity contribution in [2.24, 2.45) is 0 Å². The van der Waals surface area contributed by atoms with Gasteiger partial charge in [0, 0.05) is 33.0 Å². The van der Waals surface area contributed by atoms with Crippen LogP contribution in [0.4, 0.5) is 8.78 Å². The molecule has 11 unspecified atom stereocenters. The van der Waals surface area contributed by atoms with Gasteiger partial charge in [0.25, 0.3) is 0 Å². The van der Waals surface area contributed by atoms with Crippen molar-refractivity contribution in [2.75, 3.05) is 0 Å². The summed E-state index contributed by atoms with van der Waals surface area (Å²) < 4.78 is 34.4. The van der Waals surface area contributed by atoms with E-state index in [0.29, 0.717) is 0 Å². The van der Waals surface area contributed by atoms with Crippen LogP contribution in [0.1, 0.15) is 5.56 Å². The van der Waals surface area contributed by atoms with Gasteiger partial charge in [-0.25, -0.2) is 17.8 Å². The van der Waals surface area contributed by atoms with E-state index in [-0.39, 0.29) is 54.5 Å². The zero-order valence-corrected chi connectivity index (χ0v) is 35.4. The summed E-state index contributed by atoms with van der Waals surface area (Å²) in [6.45, 7) is 0.740. The van der Waals surface area contributed by atoms with Gasteiger partial charge in [-0.3, -0.25) is 0 Å². The van der Waals surface area contributed by atoms with Gasteiger partial charge in [0.1, 0.15) is 11.6 Å². The molecule has 192 valence electrons. The molecule has 0 amide bonds. The van der Waals surface area contributed by atoms with E-state index in [9.17, 15) is 13.6 Å². The van der Waals surface area contributed by atoms with Crippen molar-refractivity contribution in [3.8, 4) is 0 Å². The second kappa shape index (κ2) is 23.5. The van der Waals surface area contributed by atoms with E-state index in [1.54, 1.807) is 0 Å². The highest BCUT2D eigenvalue weighted by Gasteiger charge is 2.35. The van der Waals surface area contributed by atoms with Gasteiger partial charge < -0.3 is 5.11 Å². The highest BCUT2D eigenvalue weighted by molar-refractivity contribution is 9.30. The molecule has 24 heteroatoms. The van der Waals surface area contributed by atoms with Gasteiger partial charge in [-0.05, 0) is 73.2 Å². The molecule has 1 aromatic carbocycles. The van der Waals surface area contributed by atoms with E-state index in [1.807, 2.05) is 0 Å². The van der Waals surface area contributed by atoms with Gasteiger partial charge in [-0.2, -0.15) is 0 Å². The molecule has 0 spiro atoms. The minimum atomic E-state index is -1.67. The molecule has 0 aliphatic rings. The largest absolute Gasteiger partial charge is 0.478 e. The number of carboxylic acid groups (broad SMARTS) is 1. The molecule has 0 heterocycles. The molecule has 0 saturated carbocycles. The van der Waals surface area contributed by atoms with Crippen LogP contribution in [-0.2, 0) is 14.0 Å². The SMILES string of the molecule is O=C(O)/C=C/c1cc(F)ccc1F.O=S(Cl)Cl.PP(P)P(P)P(P(P)P)P(P(P)P)P(P)P. The van der Waals surface area contributed by atoms with Crippen LogP contribution < -0.4 is 0 Å². The predicted molar refractivity (Wildman–Crippen MR) is 199 cm³/mol. The molecule has 33 heavy (non-hydrogen) atoms. The van der Waals surface area contributed by atoms with E-state index in [2.05, 4.69) is 102 Å². The zero-order valence-electron chi connectivity index (χ0n) is 16.4. The molecule has 1 rings (SSSR count). The summed E-state index contributed by atoms with van der Waals surface area (Å²) in [7, 11) is 35.1. The summed E-state index contributed by atoms with van der Waals surface area (Å²) >= 11 is 0. The number of halogens is 4. The molecule has 0 bridgehead atoms. The first-order valence-electron chi connectivity index (χ1n) is 7.45. The van der Waals surface area contributed by atoms with Crippen LogP contribution in [0, 0.1) is 11.6 Å². The Morgan fingerprint density at radius 3 is 1.64 bits per heavy atom. The Morgan fingerprint density at radius 1 is 0.879 bits per heavy atom. The normalized spacial score (nSPS) is 13.4. The van der Waals surface area contributed by atoms with Crippen LogP contribution in [0.25, 0.3) is 6.08 Å². The maximum atomic E-state index is 12.8. The van der Waals surface area contributed by atoms with Crippen molar-refractivity contribution < 1.29 is 22.9 Å². The molecule has 0 saturated heterocycles. The van der Waals surface area contributed by atoms with Crippen LogP contribution in [-0.4, -0.2) is 15.3 Å². The van der Waals surface area contributed by atoms with Crippen LogP contribution in [0.5, 0.6) is 0 Å². The molecule has 1 N–H and O–H groups in total. The minimum absolute atomic E-state index is 0.0635. The summed E-state index contributed by atoms with van der Waals surface area (Å²) in [6.07, 6.45) is 1.75. The molecule has 0 aliphatic carbocycles. The molecular formula is C9H24Cl2F2O3P16S. The van der Waals surface area contributed by atoms with Crippen molar-refractivity contribution >= 4 is 172 Å². The molecular weight excluding hydrogens is 793 g/mol. The van der Waals surface area contributed by atoms with Crippen molar-refractivity contribution in [3.05, 3.63) is 41.5 Å². The van der Waals surface area contributed by atoms with Crippen LogP contribution in [0.15, 0.2) is 24.3 Å². The van der Waals surface area contributed by atoms with Crippen LogP contribution in [0.2, 0.25) is 0 Å². The maximum Gasteiger partial charge on any atom is 0.328 e. The number of rotatable bonds is 8. The van der Waals surface area contributed by atoms with E-state index in [0.717, 1.165) is 30.4 Å². The lowest BCUT2D eigenvalue weighted by atomic mass is 10.2. The smallest absolute Gasteiger partial charge is 0.328 e. The highest BCUT2D eigenvalue weighted by atomic mass is 36.0. The van der Waals surface area contributed by atoms with Gasteiger partial charge in [-0.1, -0.05) is 0 Å². The van der Waals surface area contributed by atoms with E-state index < -0.39 is 26.8 Å². The molecule has 11 atom stereocenters. The second-order valence-corrected chi connectivity index (χ2v) is 69.2. The first-order chi connectivity index (χ1) is 15.0. The number of aliphatic carboxylic acids is 1. The lowest BCUT2D eigenvalue weighted by Gasteiger charge is -2.40. The summed E-state index contributed by atoms with van der Waals surface area (Å²) in [5.41, 5.74) is -0.0811. The molecule has 0 aromatic heterocycles. The first-order valence-corrected chi connectivity index (χ1v) is 38.4. The van der Waals surface area contributed by atoms with E-state index >= 15 is 0 Å². The summed E-state index contributed by atoms with van der Waals surface area (Å²) in [6, 6.07) is 2.83. The Bertz CT molecular complexity index is 765. The van der Waals surface area contributed by atoms with Gasteiger partial charge in [0.05, 0.1) is 0 Å². The average molecular weight is 817 g/mol. The molecule has 0 fully saturated rings. The highest BCUT2D eigenvalue weighted by Crippen LogP contribution is 3.24. The number of benzene rings is 1. The quantitative estimate of drug-likeness (QED) is 0.162. The summed E-state index contributed by atoms with van der Waals surface area (Å²) in [4.78, 5) is 10.1. The Balaban J connectivity index is 0. The molecule has 0 aliphatic heterocycles. The fraction of sp³-hybridized carbons (Fsp3) is 0. The lowest BCUT2D eigenvalue weighted by molar-refractivity contribution is -0.131. The third kappa shape index (κ3) is 21.3. The second-order valence-electron chi connectivity index (χ2n) is 4.90. The third-order valence-electron chi connectivity index (χ3n) is 2.56. The third-order valence-corrected chi connectivity index (χ3v) is 98.5. The molecule has 0 radical (unpaired) electrons. The van der Waals surface area contributed by atoms with Crippen molar-refractivity contribution in [1.29, 1.82) is 0 Å². The Kier molecular flexibility index (Phi) is 29.2. The Morgan fingerprint density at radius 2 is 1.30 bits per heavy atom. The number of hydrogen-bond donors (Lipinski definition) is 1. The fourth-order valence-corrected chi connectivity index (χ4v) is 165. The van der Waals surface area contributed by atoms with Crippen molar-refractivity contribution in [1.82, 2.24) is 0 Å². The maximum absolute atomic E-state index is 12.8. The van der Waals surface area contributed by atoms with Crippen molar-refractivity contribution in [2.45, 2.75) is 0 Å². The number of carboxylic acids is 1. The first kappa shape index (κ1) is 41.0. The predicted octanol–water partition coefficient (Wildman–Crippen LogP) is 12.1. The minimum Gasteiger partial charge on any atom is -0.478 e.